The average Bonchev–Trinajstić information content (AvgIpc) is 2.79. The third-order valence-electron chi connectivity index (χ3n) is 3.41. The fourth-order valence-electron chi connectivity index (χ4n) is 2.21. The minimum atomic E-state index is 0.353. The Morgan fingerprint density at radius 2 is 2.18 bits per heavy atom. The summed E-state index contributed by atoms with van der Waals surface area (Å²) in [5, 5.41) is 10.3. The quantitative estimate of drug-likeness (QED) is 0.896. The second-order valence-electron chi connectivity index (χ2n) is 5.22. The lowest BCUT2D eigenvalue weighted by molar-refractivity contribution is 0.128. The first-order valence-electron chi connectivity index (χ1n) is 6.47. The standard InChI is InChI=1S/C13H22N2OS/c1-10(2)13-14-7-12(17-13)8-15-5-3-11(9-16)4-6-15/h7,10-11,16H,3-6,8-9H2,1-2H3. The Bertz CT molecular complexity index is 343. The van der Waals surface area contributed by atoms with Crippen molar-refractivity contribution in [3.05, 3.63) is 16.1 Å². The van der Waals surface area contributed by atoms with Crippen molar-refractivity contribution < 1.29 is 5.11 Å². The van der Waals surface area contributed by atoms with E-state index in [0.29, 0.717) is 18.4 Å². The van der Waals surface area contributed by atoms with Gasteiger partial charge in [-0.2, -0.15) is 0 Å². The van der Waals surface area contributed by atoms with Gasteiger partial charge in [-0.1, -0.05) is 13.8 Å². The number of rotatable bonds is 4. The monoisotopic (exact) mass is 254 g/mol. The van der Waals surface area contributed by atoms with E-state index in [4.69, 9.17) is 5.11 Å². The molecule has 3 nitrogen and oxygen atoms in total. The zero-order chi connectivity index (χ0) is 12.3. The maximum atomic E-state index is 9.10. The zero-order valence-corrected chi connectivity index (χ0v) is 11.5. The van der Waals surface area contributed by atoms with Crippen LogP contribution in [-0.4, -0.2) is 34.7 Å². The van der Waals surface area contributed by atoms with E-state index in [9.17, 15) is 0 Å². The maximum absolute atomic E-state index is 9.10. The van der Waals surface area contributed by atoms with Crippen LogP contribution in [0, 0.1) is 5.92 Å². The Morgan fingerprint density at radius 3 is 2.71 bits per heavy atom. The van der Waals surface area contributed by atoms with E-state index in [0.717, 1.165) is 32.5 Å². The van der Waals surface area contributed by atoms with Crippen LogP contribution < -0.4 is 0 Å². The number of aromatic nitrogens is 1. The summed E-state index contributed by atoms with van der Waals surface area (Å²) in [6.07, 6.45) is 4.29. The Morgan fingerprint density at radius 1 is 1.47 bits per heavy atom. The number of aliphatic hydroxyl groups is 1. The van der Waals surface area contributed by atoms with E-state index in [-0.39, 0.29) is 0 Å². The SMILES string of the molecule is CC(C)c1ncc(CN2CCC(CO)CC2)s1. The van der Waals surface area contributed by atoms with Gasteiger partial charge in [-0.25, -0.2) is 4.98 Å². The molecular weight excluding hydrogens is 232 g/mol. The Labute approximate surface area is 107 Å². The highest BCUT2D eigenvalue weighted by atomic mass is 32.1. The average molecular weight is 254 g/mol. The molecule has 0 aliphatic carbocycles. The normalized spacial score (nSPS) is 19.1. The van der Waals surface area contributed by atoms with Crippen molar-refractivity contribution in [1.82, 2.24) is 9.88 Å². The van der Waals surface area contributed by atoms with Gasteiger partial charge >= 0.3 is 0 Å². The van der Waals surface area contributed by atoms with E-state index >= 15 is 0 Å². The van der Waals surface area contributed by atoms with Gasteiger partial charge in [0, 0.05) is 30.1 Å². The van der Waals surface area contributed by atoms with E-state index in [2.05, 4.69) is 23.7 Å². The summed E-state index contributed by atoms with van der Waals surface area (Å²) in [5.41, 5.74) is 0. The second kappa shape index (κ2) is 5.94. The van der Waals surface area contributed by atoms with Crippen LogP contribution in [0.25, 0.3) is 0 Å². The van der Waals surface area contributed by atoms with Crippen molar-refractivity contribution >= 4 is 11.3 Å². The molecule has 0 amide bonds. The molecule has 0 bridgehead atoms. The molecule has 1 saturated heterocycles. The Hall–Kier alpha value is -0.450. The second-order valence-corrected chi connectivity index (χ2v) is 6.37. The molecule has 1 N–H and O–H groups in total. The fraction of sp³-hybridized carbons (Fsp3) is 0.769. The lowest BCUT2D eigenvalue weighted by atomic mass is 9.98. The van der Waals surface area contributed by atoms with Gasteiger partial charge < -0.3 is 5.11 Å². The summed E-state index contributed by atoms with van der Waals surface area (Å²) in [4.78, 5) is 8.31. The Kier molecular flexibility index (Phi) is 4.54. The molecule has 17 heavy (non-hydrogen) atoms. The van der Waals surface area contributed by atoms with Gasteiger partial charge in [-0.3, -0.25) is 4.90 Å². The molecule has 0 saturated carbocycles. The first-order chi connectivity index (χ1) is 8.19. The highest BCUT2D eigenvalue weighted by Gasteiger charge is 2.19. The lowest BCUT2D eigenvalue weighted by Gasteiger charge is -2.30. The predicted octanol–water partition coefficient (Wildman–Crippen LogP) is 2.47. The molecule has 1 fully saturated rings. The molecule has 1 aromatic rings. The van der Waals surface area contributed by atoms with Crippen LogP contribution in [0.5, 0.6) is 0 Å². The molecule has 4 heteroatoms. The summed E-state index contributed by atoms with van der Waals surface area (Å²) in [5.74, 6) is 1.06. The van der Waals surface area contributed by atoms with Gasteiger partial charge in [0.1, 0.15) is 0 Å². The van der Waals surface area contributed by atoms with Gasteiger partial charge in [0.05, 0.1) is 5.01 Å². The number of hydrogen-bond acceptors (Lipinski definition) is 4. The highest BCUT2D eigenvalue weighted by Crippen LogP contribution is 2.24. The molecule has 0 unspecified atom stereocenters. The minimum absolute atomic E-state index is 0.353. The van der Waals surface area contributed by atoms with Crippen LogP contribution in [0.2, 0.25) is 0 Å². The molecule has 96 valence electrons. The molecule has 0 atom stereocenters. The van der Waals surface area contributed by atoms with Gasteiger partial charge in [0.25, 0.3) is 0 Å². The van der Waals surface area contributed by atoms with Gasteiger partial charge in [0.15, 0.2) is 0 Å². The fourth-order valence-corrected chi connectivity index (χ4v) is 3.17. The topological polar surface area (TPSA) is 36.4 Å². The number of likely N-dealkylation sites (tertiary alicyclic amines) is 1. The molecule has 2 rings (SSSR count). The van der Waals surface area contributed by atoms with Crippen molar-refractivity contribution in [2.75, 3.05) is 19.7 Å². The molecular formula is C13H22N2OS. The van der Waals surface area contributed by atoms with Gasteiger partial charge in [-0.05, 0) is 31.8 Å². The van der Waals surface area contributed by atoms with Crippen molar-refractivity contribution in [2.24, 2.45) is 5.92 Å². The first kappa shape index (κ1) is 13.0. The summed E-state index contributed by atoms with van der Waals surface area (Å²) >= 11 is 1.84. The van der Waals surface area contributed by atoms with Crippen LogP contribution >= 0.6 is 11.3 Å². The largest absolute Gasteiger partial charge is 0.396 e. The zero-order valence-electron chi connectivity index (χ0n) is 10.7. The molecule has 0 radical (unpaired) electrons. The highest BCUT2D eigenvalue weighted by molar-refractivity contribution is 7.11. The third-order valence-corrected chi connectivity index (χ3v) is 4.69. The van der Waals surface area contributed by atoms with E-state index in [1.54, 1.807) is 0 Å². The Balaban J connectivity index is 1.84. The summed E-state index contributed by atoms with van der Waals surface area (Å²) in [6.45, 7) is 7.99. The van der Waals surface area contributed by atoms with E-state index in [1.165, 1.54) is 9.88 Å². The van der Waals surface area contributed by atoms with Gasteiger partial charge in [0.2, 0.25) is 0 Å². The van der Waals surface area contributed by atoms with Crippen molar-refractivity contribution in [1.29, 1.82) is 0 Å². The van der Waals surface area contributed by atoms with E-state index in [1.807, 2.05) is 17.5 Å². The van der Waals surface area contributed by atoms with Crippen molar-refractivity contribution in [3.63, 3.8) is 0 Å². The number of piperidine rings is 1. The van der Waals surface area contributed by atoms with E-state index < -0.39 is 0 Å². The molecule has 2 heterocycles. The van der Waals surface area contributed by atoms with Crippen LogP contribution in [0.1, 0.15) is 42.5 Å². The molecule has 1 aliphatic heterocycles. The number of nitrogens with zero attached hydrogens (tertiary/aromatic N) is 2. The van der Waals surface area contributed by atoms with Crippen LogP contribution in [0.4, 0.5) is 0 Å². The molecule has 1 aliphatic rings. The smallest absolute Gasteiger partial charge is 0.0953 e. The van der Waals surface area contributed by atoms with Crippen molar-refractivity contribution in [3.8, 4) is 0 Å². The molecule has 0 spiro atoms. The molecule has 1 aromatic heterocycles. The van der Waals surface area contributed by atoms with Crippen LogP contribution in [-0.2, 0) is 6.54 Å². The lowest BCUT2D eigenvalue weighted by Crippen LogP contribution is -2.34. The maximum Gasteiger partial charge on any atom is 0.0953 e. The predicted molar refractivity (Wildman–Crippen MR) is 71.3 cm³/mol. The van der Waals surface area contributed by atoms with Crippen LogP contribution in [0.3, 0.4) is 0 Å². The summed E-state index contributed by atoms with van der Waals surface area (Å²) in [7, 11) is 0. The molecule has 0 aromatic carbocycles. The minimum Gasteiger partial charge on any atom is -0.396 e. The summed E-state index contributed by atoms with van der Waals surface area (Å²) < 4.78 is 0. The van der Waals surface area contributed by atoms with Crippen LogP contribution in [0.15, 0.2) is 6.20 Å². The first-order valence-corrected chi connectivity index (χ1v) is 7.28. The third kappa shape index (κ3) is 3.50. The summed E-state index contributed by atoms with van der Waals surface area (Å²) in [6, 6.07) is 0. The number of thiazole rings is 1. The van der Waals surface area contributed by atoms with Gasteiger partial charge in [-0.15, -0.1) is 11.3 Å². The van der Waals surface area contributed by atoms with Crippen molar-refractivity contribution in [2.45, 2.75) is 39.2 Å². The number of hydrogen-bond donors (Lipinski definition) is 1. The number of aliphatic hydroxyl groups excluding tert-OH is 1.